The molecular formula is C21H29F3N2O3. The summed E-state index contributed by atoms with van der Waals surface area (Å²) in [5.74, 6) is -0.810. The van der Waals surface area contributed by atoms with Crippen LogP contribution in [0, 0.1) is 11.3 Å². The Morgan fingerprint density at radius 3 is 2.55 bits per heavy atom. The number of amides is 1. The molecule has 1 aromatic rings. The van der Waals surface area contributed by atoms with Crippen LogP contribution in [-0.4, -0.2) is 55.9 Å². The zero-order valence-corrected chi connectivity index (χ0v) is 16.9. The highest BCUT2D eigenvalue weighted by atomic mass is 19.4. The first-order valence-corrected chi connectivity index (χ1v) is 10.0. The van der Waals surface area contributed by atoms with Gasteiger partial charge in [-0.25, -0.2) is 0 Å². The summed E-state index contributed by atoms with van der Waals surface area (Å²) < 4.78 is 46.4. The number of likely N-dealkylation sites (N-methyl/N-ethyl adjacent to an activating group) is 1. The van der Waals surface area contributed by atoms with Gasteiger partial charge in [-0.2, -0.15) is 13.2 Å². The van der Waals surface area contributed by atoms with E-state index in [4.69, 9.17) is 4.74 Å². The normalized spacial score (nSPS) is 21.3. The van der Waals surface area contributed by atoms with Crippen molar-refractivity contribution in [3.63, 3.8) is 0 Å². The second-order valence-corrected chi connectivity index (χ2v) is 8.48. The fourth-order valence-corrected chi connectivity index (χ4v) is 4.74. The maximum atomic E-state index is 13.8. The molecule has 2 N–H and O–H groups in total. The van der Waals surface area contributed by atoms with Gasteiger partial charge in [-0.1, -0.05) is 12.1 Å². The fraction of sp³-hybridized carbons (Fsp3) is 0.667. The lowest BCUT2D eigenvalue weighted by Gasteiger charge is -2.51. The van der Waals surface area contributed by atoms with Crippen molar-refractivity contribution in [1.29, 1.82) is 0 Å². The molecule has 1 unspecified atom stereocenters. The lowest BCUT2D eigenvalue weighted by molar-refractivity contribution is -0.261. The van der Waals surface area contributed by atoms with E-state index in [0.29, 0.717) is 17.8 Å². The van der Waals surface area contributed by atoms with Gasteiger partial charge in [-0.15, -0.1) is 0 Å². The van der Waals surface area contributed by atoms with Crippen molar-refractivity contribution in [3.8, 4) is 5.75 Å². The van der Waals surface area contributed by atoms with E-state index in [0.717, 1.165) is 55.8 Å². The van der Waals surface area contributed by atoms with Gasteiger partial charge in [0.25, 0.3) is 11.5 Å². The first-order chi connectivity index (χ1) is 13.6. The number of carbonyl (C=O) groups is 1. The predicted octanol–water partition coefficient (Wildman–Crippen LogP) is 3.07. The van der Waals surface area contributed by atoms with Crippen LogP contribution < -0.4 is 10.1 Å². The molecule has 2 aliphatic rings. The molecule has 1 heterocycles. The minimum Gasteiger partial charge on any atom is -0.497 e. The molecule has 1 saturated carbocycles. The molecule has 1 saturated heterocycles. The molecule has 0 radical (unpaired) electrons. The molecule has 1 atom stereocenters. The van der Waals surface area contributed by atoms with Crippen LogP contribution in [0.4, 0.5) is 13.2 Å². The van der Waals surface area contributed by atoms with Crippen LogP contribution in [0.2, 0.25) is 0 Å². The van der Waals surface area contributed by atoms with Crippen molar-refractivity contribution in [2.45, 2.75) is 43.9 Å². The minimum atomic E-state index is -5.15. The number of carbonyl (C=O) groups excluding carboxylic acids is 1. The van der Waals surface area contributed by atoms with E-state index >= 15 is 0 Å². The Bertz CT molecular complexity index is 726. The van der Waals surface area contributed by atoms with Gasteiger partial charge < -0.3 is 20.1 Å². The van der Waals surface area contributed by atoms with Gasteiger partial charge in [0.1, 0.15) is 5.75 Å². The standard InChI is InChI=1S/C21H29F3N2O3/c1-26(11-6-15-13-19(14-15)7-9-25-10-8-19)18(27)20(28,21(22,23)24)16-4-3-5-17(12-16)29-2/h3-5,12,15,25,28H,6-11,13-14H2,1-2H3. The first-order valence-electron chi connectivity index (χ1n) is 10.0. The monoisotopic (exact) mass is 414 g/mol. The van der Waals surface area contributed by atoms with Crippen LogP contribution in [0.3, 0.4) is 0 Å². The van der Waals surface area contributed by atoms with Crippen molar-refractivity contribution >= 4 is 5.91 Å². The van der Waals surface area contributed by atoms with E-state index < -0.39 is 23.2 Å². The van der Waals surface area contributed by atoms with Crippen LogP contribution in [0.5, 0.6) is 5.75 Å². The number of ether oxygens (including phenoxy) is 1. The molecule has 1 aliphatic carbocycles. The lowest BCUT2D eigenvalue weighted by atomic mass is 9.57. The SMILES string of the molecule is COc1cccc(C(O)(C(=O)N(C)CCC2CC3(CCNCC3)C2)C(F)(F)F)c1. The number of benzene rings is 1. The summed E-state index contributed by atoms with van der Waals surface area (Å²) in [4.78, 5) is 13.7. The summed E-state index contributed by atoms with van der Waals surface area (Å²) in [7, 11) is 2.63. The highest BCUT2D eigenvalue weighted by molar-refractivity contribution is 5.87. The largest absolute Gasteiger partial charge is 0.497 e. The number of methoxy groups -OCH3 is 1. The maximum absolute atomic E-state index is 13.8. The van der Waals surface area contributed by atoms with Crippen LogP contribution in [0.1, 0.15) is 37.7 Å². The van der Waals surface area contributed by atoms with Gasteiger partial charge >= 0.3 is 6.18 Å². The quantitative estimate of drug-likeness (QED) is 0.751. The van der Waals surface area contributed by atoms with Gasteiger partial charge in [0.05, 0.1) is 7.11 Å². The third-order valence-corrected chi connectivity index (χ3v) is 6.53. The summed E-state index contributed by atoms with van der Waals surface area (Å²) in [6.45, 7) is 2.22. The number of piperidine rings is 1. The summed E-state index contributed by atoms with van der Waals surface area (Å²) in [5.41, 5.74) is -3.77. The lowest BCUT2D eigenvalue weighted by Crippen LogP contribution is -2.55. The molecule has 0 bridgehead atoms. The van der Waals surface area contributed by atoms with Crippen LogP contribution in [0.15, 0.2) is 24.3 Å². The van der Waals surface area contributed by atoms with Gasteiger partial charge in [0, 0.05) is 19.2 Å². The van der Waals surface area contributed by atoms with E-state index in [2.05, 4.69) is 5.32 Å². The Morgan fingerprint density at radius 1 is 1.31 bits per heavy atom. The molecule has 1 amide bonds. The molecule has 1 aromatic carbocycles. The molecule has 5 nitrogen and oxygen atoms in total. The molecule has 8 heteroatoms. The van der Waals surface area contributed by atoms with Crippen molar-refractivity contribution < 1.29 is 27.8 Å². The average molecular weight is 414 g/mol. The zero-order valence-electron chi connectivity index (χ0n) is 16.9. The van der Waals surface area contributed by atoms with Crippen molar-refractivity contribution in [3.05, 3.63) is 29.8 Å². The number of aliphatic hydroxyl groups is 1. The number of rotatable bonds is 6. The van der Waals surface area contributed by atoms with E-state index in [1.165, 1.54) is 26.3 Å². The molecule has 162 valence electrons. The number of nitrogens with zero attached hydrogens (tertiary/aromatic N) is 1. The number of hydrogen-bond acceptors (Lipinski definition) is 4. The van der Waals surface area contributed by atoms with Gasteiger partial charge in [0.15, 0.2) is 0 Å². The fourth-order valence-electron chi connectivity index (χ4n) is 4.74. The van der Waals surface area contributed by atoms with E-state index in [1.807, 2.05) is 0 Å². The van der Waals surface area contributed by atoms with E-state index in [-0.39, 0.29) is 12.3 Å². The van der Waals surface area contributed by atoms with Crippen LogP contribution >= 0.6 is 0 Å². The number of alkyl halides is 3. The Kier molecular flexibility index (Phi) is 6.15. The second-order valence-electron chi connectivity index (χ2n) is 8.48. The maximum Gasteiger partial charge on any atom is 0.430 e. The second kappa shape index (κ2) is 8.14. The van der Waals surface area contributed by atoms with Gasteiger partial charge in [-0.3, -0.25) is 4.79 Å². The highest BCUT2D eigenvalue weighted by Gasteiger charge is 2.61. The van der Waals surface area contributed by atoms with Gasteiger partial charge in [0.2, 0.25) is 0 Å². The zero-order chi connectivity index (χ0) is 21.3. The Balaban J connectivity index is 1.66. The summed E-state index contributed by atoms with van der Waals surface area (Å²) in [6, 6.07) is 4.92. The minimum absolute atomic E-state index is 0.141. The Hall–Kier alpha value is -1.80. The van der Waals surface area contributed by atoms with E-state index in [1.54, 1.807) is 0 Å². The molecule has 3 rings (SSSR count). The molecule has 1 spiro atoms. The average Bonchev–Trinajstić information content (AvgIpc) is 2.69. The third-order valence-electron chi connectivity index (χ3n) is 6.53. The predicted molar refractivity (Wildman–Crippen MR) is 102 cm³/mol. The first kappa shape index (κ1) is 21.9. The summed E-state index contributed by atoms with van der Waals surface area (Å²) in [6.07, 6.45) is -0.0973. The van der Waals surface area contributed by atoms with E-state index in [9.17, 15) is 23.1 Å². The van der Waals surface area contributed by atoms with Crippen molar-refractivity contribution in [1.82, 2.24) is 10.2 Å². The number of halogens is 3. The smallest absolute Gasteiger partial charge is 0.430 e. The number of nitrogens with one attached hydrogen (secondary N) is 1. The topological polar surface area (TPSA) is 61.8 Å². The van der Waals surface area contributed by atoms with Crippen LogP contribution in [-0.2, 0) is 10.4 Å². The molecule has 29 heavy (non-hydrogen) atoms. The summed E-state index contributed by atoms with van der Waals surface area (Å²) >= 11 is 0. The summed E-state index contributed by atoms with van der Waals surface area (Å²) in [5, 5.41) is 13.9. The van der Waals surface area contributed by atoms with Crippen molar-refractivity contribution in [2.75, 3.05) is 33.8 Å². The van der Waals surface area contributed by atoms with Crippen LogP contribution in [0.25, 0.3) is 0 Å². The Labute approximate surface area is 169 Å². The highest BCUT2D eigenvalue weighted by Crippen LogP contribution is 2.52. The van der Waals surface area contributed by atoms with Gasteiger partial charge in [-0.05, 0) is 68.7 Å². The number of hydrogen-bond donors (Lipinski definition) is 2. The molecular weight excluding hydrogens is 385 g/mol. The molecule has 0 aromatic heterocycles. The third kappa shape index (κ3) is 4.23. The Morgan fingerprint density at radius 2 is 1.97 bits per heavy atom. The van der Waals surface area contributed by atoms with Crippen molar-refractivity contribution in [2.24, 2.45) is 11.3 Å². The molecule has 1 aliphatic heterocycles. The molecule has 2 fully saturated rings.